The van der Waals surface area contributed by atoms with Crippen molar-refractivity contribution in [2.75, 3.05) is 64.8 Å². The van der Waals surface area contributed by atoms with Crippen molar-refractivity contribution in [3.63, 3.8) is 0 Å². The summed E-state index contributed by atoms with van der Waals surface area (Å²) in [6.45, 7) is 10.2. The predicted molar refractivity (Wildman–Crippen MR) is 107 cm³/mol. The largest absolute Gasteiger partial charge is 0.379 e. The van der Waals surface area contributed by atoms with Gasteiger partial charge in [-0.3, -0.25) is 14.5 Å². The molecule has 7 heteroatoms. The fourth-order valence-corrected chi connectivity index (χ4v) is 4.38. The number of rotatable bonds is 5. The number of ether oxygens (including phenoxy) is 1. The number of piperazine rings is 1. The summed E-state index contributed by atoms with van der Waals surface area (Å²) in [7, 11) is 0. The molecular weight excluding hydrogens is 362 g/mol. The van der Waals surface area contributed by atoms with Gasteiger partial charge in [-0.15, -0.1) is 11.8 Å². The average Bonchev–Trinajstić information content (AvgIpc) is 2.69. The fraction of sp³-hybridized carbons (Fsp3) is 0.600. The van der Waals surface area contributed by atoms with Gasteiger partial charge in [-0.1, -0.05) is 17.7 Å². The van der Waals surface area contributed by atoms with E-state index in [-0.39, 0.29) is 11.8 Å². The Morgan fingerprint density at radius 3 is 2.26 bits per heavy atom. The SMILES string of the molecule is Cc1ccc(C)c(SCC(=O)N2CCN(C(=O)CN3CCOCC3)CC2)c1. The minimum Gasteiger partial charge on any atom is -0.379 e. The molecule has 0 N–H and O–H groups in total. The minimum absolute atomic E-state index is 0.154. The van der Waals surface area contributed by atoms with Gasteiger partial charge >= 0.3 is 0 Å². The average molecular weight is 392 g/mol. The smallest absolute Gasteiger partial charge is 0.236 e. The molecule has 2 aliphatic rings. The Bertz CT molecular complexity index is 668. The van der Waals surface area contributed by atoms with Gasteiger partial charge in [-0.25, -0.2) is 0 Å². The third kappa shape index (κ3) is 5.70. The van der Waals surface area contributed by atoms with E-state index in [1.54, 1.807) is 11.8 Å². The molecule has 0 unspecified atom stereocenters. The molecule has 0 spiro atoms. The van der Waals surface area contributed by atoms with Crippen LogP contribution in [0.4, 0.5) is 0 Å². The van der Waals surface area contributed by atoms with Crippen molar-refractivity contribution < 1.29 is 14.3 Å². The van der Waals surface area contributed by atoms with Crippen LogP contribution in [0.25, 0.3) is 0 Å². The molecule has 2 saturated heterocycles. The zero-order chi connectivity index (χ0) is 19.2. The molecule has 148 valence electrons. The lowest BCUT2D eigenvalue weighted by molar-refractivity contribution is -0.139. The number of benzene rings is 1. The van der Waals surface area contributed by atoms with E-state index in [0.717, 1.165) is 13.1 Å². The van der Waals surface area contributed by atoms with Crippen LogP contribution in [-0.2, 0) is 14.3 Å². The van der Waals surface area contributed by atoms with E-state index in [1.165, 1.54) is 16.0 Å². The topological polar surface area (TPSA) is 53.1 Å². The summed E-state index contributed by atoms with van der Waals surface area (Å²) >= 11 is 1.60. The molecule has 0 aliphatic carbocycles. The van der Waals surface area contributed by atoms with Crippen molar-refractivity contribution in [2.24, 2.45) is 0 Å². The predicted octanol–water partition coefficient (Wildman–Crippen LogP) is 1.40. The highest BCUT2D eigenvalue weighted by molar-refractivity contribution is 8.00. The Morgan fingerprint density at radius 1 is 0.963 bits per heavy atom. The number of morpholine rings is 1. The van der Waals surface area contributed by atoms with E-state index in [4.69, 9.17) is 4.74 Å². The van der Waals surface area contributed by atoms with Gasteiger partial charge in [0.25, 0.3) is 0 Å². The molecule has 0 saturated carbocycles. The van der Waals surface area contributed by atoms with Gasteiger partial charge in [0.2, 0.25) is 11.8 Å². The maximum Gasteiger partial charge on any atom is 0.236 e. The number of carbonyl (C=O) groups is 2. The second-order valence-electron chi connectivity index (χ2n) is 7.21. The Kier molecular flexibility index (Phi) is 7.15. The van der Waals surface area contributed by atoms with Crippen LogP contribution in [0.2, 0.25) is 0 Å². The summed E-state index contributed by atoms with van der Waals surface area (Å²) in [6.07, 6.45) is 0. The van der Waals surface area contributed by atoms with Crippen LogP contribution in [0.15, 0.2) is 23.1 Å². The zero-order valence-electron chi connectivity index (χ0n) is 16.3. The lowest BCUT2D eigenvalue weighted by Gasteiger charge is -2.36. The van der Waals surface area contributed by atoms with Gasteiger partial charge < -0.3 is 14.5 Å². The van der Waals surface area contributed by atoms with Crippen LogP contribution in [0.1, 0.15) is 11.1 Å². The van der Waals surface area contributed by atoms with Gasteiger partial charge in [0.15, 0.2) is 0 Å². The molecule has 27 heavy (non-hydrogen) atoms. The molecule has 1 aromatic carbocycles. The number of amides is 2. The van der Waals surface area contributed by atoms with Crippen molar-refractivity contribution in [1.82, 2.24) is 14.7 Å². The quantitative estimate of drug-likeness (QED) is 0.710. The molecule has 2 fully saturated rings. The molecule has 0 bridgehead atoms. The van der Waals surface area contributed by atoms with E-state index < -0.39 is 0 Å². The first kappa shape index (κ1) is 20.2. The summed E-state index contributed by atoms with van der Waals surface area (Å²) in [6, 6.07) is 6.32. The summed E-state index contributed by atoms with van der Waals surface area (Å²) in [4.78, 5) is 32.1. The van der Waals surface area contributed by atoms with Gasteiger partial charge in [-0.2, -0.15) is 0 Å². The lowest BCUT2D eigenvalue weighted by Crippen LogP contribution is -2.53. The maximum absolute atomic E-state index is 12.5. The highest BCUT2D eigenvalue weighted by Gasteiger charge is 2.25. The molecule has 1 aromatic rings. The Morgan fingerprint density at radius 2 is 1.59 bits per heavy atom. The number of aryl methyl sites for hydroxylation is 2. The summed E-state index contributed by atoms with van der Waals surface area (Å²) in [5, 5.41) is 0. The summed E-state index contributed by atoms with van der Waals surface area (Å²) < 4.78 is 5.32. The van der Waals surface area contributed by atoms with Crippen molar-refractivity contribution in [2.45, 2.75) is 18.7 Å². The highest BCUT2D eigenvalue weighted by Crippen LogP contribution is 2.24. The van der Waals surface area contributed by atoms with Crippen LogP contribution >= 0.6 is 11.8 Å². The van der Waals surface area contributed by atoms with Gasteiger partial charge in [0.1, 0.15) is 0 Å². The van der Waals surface area contributed by atoms with Crippen molar-refractivity contribution >= 4 is 23.6 Å². The van der Waals surface area contributed by atoms with Crippen LogP contribution < -0.4 is 0 Å². The second-order valence-corrected chi connectivity index (χ2v) is 8.22. The number of hydrogen-bond acceptors (Lipinski definition) is 5. The van der Waals surface area contributed by atoms with E-state index in [1.807, 2.05) is 9.80 Å². The van der Waals surface area contributed by atoms with Crippen molar-refractivity contribution in [3.05, 3.63) is 29.3 Å². The summed E-state index contributed by atoms with van der Waals surface area (Å²) in [5.74, 6) is 0.765. The fourth-order valence-electron chi connectivity index (χ4n) is 3.35. The molecular formula is C20H29N3O3S. The minimum atomic E-state index is 0.154. The Labute approximate surface area is 165 Å². The third-order valence-electron chi connectivity index (χ3n) is 5.14. The van der Waals surface area contributed by atoms with E-state index in [2.05, 4.69) is 36.9 Å². The first-order chi connectivity index (χ1) is 13.0. The Hall–Kier alpha value is -1.57. The maximum atomic E-state index is 12.5. The first-order valence-electron chi connectivity index (χ1n) is 9.58. The number of nitrogens with zero attached hydrogens (tertiary/aromatic N) is 3. The molecule has 0 atom stereocenters. The molecule has 2 heterocycles. The number of carbonyl (C=O) groups excluding carboxylic acids is 2. The Balaban J connectivity index is 1.42. The van der Waals surface area contributed by atoms with Crippen molar-refractivity contribution in [3.8, 4) is 0 Å². The van der Waals surface area contributed by atoms with Gasteiger partial charge in [0.05, 0.1) is 25.5 Å². The van der Waals surface area contributed by atoms with E-state index in [0.29, 0.717) is 51.7 Å². The van der Waals surface area contributed by atoms with Crippen LogP contribution in [0.5, 0.6) is 0 Å². The monoisotopic (exact) mass is 391 g/mol. The van der Waals surface area contributed by atoms with Crippen LogP contribution in [0, 0.1) is 13.8 Å². The molecule has 2 amide bonds. The normalized spacial score (nSPS) is 18.6. The van der Waals surface area contributed by atoms with E-state index >= 15 is 0 Å². The molecule has 2 aliphatic heterocycles. The highest BCUT2D eigenvalue weighted by atomic mass is 32.2. The zero-order valence-corrected chi connectivity index (χ0v) is 17.1. The standard InChI is InChI=1S/C20H29N3O3S/c1-16-3-4-17(2)18(13-16)27-15-20(25)23-7-5-22(6-8-23)19(24)14-21-9-11-26-12-10-21/h3-4,13H,5-12,14-15H2,1-2H3. The summed E-state index contributed by atoms with van der Waals surface area (Å²) in [5.41, 5.74) is 2.42. The lowest BCUT2D eigenvalue weighted by atomic mass is 10.2. The van der Waals surface area contributed by atoms with Crippen LogP contribution in [-0.4, -0.2) is 91.3 Å². The third-order valence-corrected chi connectivity index (χ3v) is 6.28. The van der Waals surface area contributed by atoms with Gasteiger partial charge in [0, 0.05) is 44.2 Å². The molecule has 3 rings (SSSR count). The molecule has 0 aromatic heterocycles. The number of thioether (sulfide) groups is 1. The van der Waals surface area contributed by atoms with Crippen LogP contribution in [0.3, 0.4) is 0 Å². The molecule has 6 nitrogen and oxygen atoms in total. The second kappa shape index (κ2) is 9.57. The van der Waals surface area contributed by atoms with E-state index in [9.17, 15) is 9.59 Å². The number of hydrogen-bond donors (Lipinski definition) is 0. The van der Waals surface area contributed by atoms with Crippen molar-refractivity contribution in [1.29, 1.82) is 0 Å². The first-order valence-corrected chi connectivity index (χ1v) is 10.6. The van der Waals surface area contributed by atoms with Gasteiger partial charge in [-0.05, 0) is 25.5 Å². The molecule has 0 radical (unpaired) electrons.